The average Bonchev–Trinajstić information content (AvgIpc) is 2.64. The van der Waals surface area contributed by atoms with E-state index in [1.165, 1.54) is 32.1 Å². The molecular formula is C23H46IN5O2. The highest BCUT2D eigenvalue weighted by molar-refractivity contribution is 14.0. The standard InChI is InChI=1S/C23H45N5O2.HI/c1-8-23(9-2,27-21(29)30-22(4,5)6)16-25-20(24-10-3)26-17-14-18-12-11-13-19(15-17)28(18)7;/h17-19H,8-16H2,1-7H3,(H,27,29)(H2,24,25,26);1H. The number of guanidine groups is 1. The Morgan fingerprint density at radius 1 is 1.10 bits per heavy atom. The zero-order valence-corrected chi connectivity index (χ0v) is 23.0. The smallest absolute Gasteiger partial charge is 0.408 e. The first kappa shape index (κ1) is 28.3. The topological polar surface area (TPSA) is 78.0 Å². The minimum atomic E-state index is -0.511. The van der Waals surface area contributed by atoms with Crippen LogP contribution in [0.2, 0.25) is 0 Å². The summed E-state index contributed by atoms with van der Waals surface area (Å²) in [6, 6.07) is 1.81. The van der Waals surface area contributed by atoms with Crippen molar-refractivity contribution >= 4 is 36.0 Å². The predicted molar refractivity (Wildman–Crippen MR) is 139 cm³/mol. The molecule has 2 heterocycles. The van der Waals surface area contributed by atoms with Gasteiger partial charge in [-0.15, -0.1) is 24.0 Å². The Bertz CT molecular complexity index is 575. The number of piperidine rings is 2. The Hall–Kier alpha value is -0.770. The van der Waals surface area contributed by atoms with Crippen molar-refractivity contribution in [3.63, 3.8) is 0 Å². The molecule has 0 saturated carbocycles. The molecule has 2 fully saturated rings. The Labute approximate surface area is 206 Å². The number of amides is 1. The van der Waals surface area contributed by atoms with Crippen LogP contribution in [-0.4, -0.2) is 66.4 Å². The number of alkyl carbamates (subject to hydrolysis) is 1. The molecule has 2 bridgehead atoms. The largest absolute Gasteiger partial charge is 0.444 e. The van der Waals surface area contributed by atoms with Gasteiger partial charge in [0.1, 0.15) is 5.60 Å². The summed E-state index contributed by atoms with van der Waals surface area (Å²) in [4.78, 5) is 19.9. The Kier molecular flexibility index (Phi) is 11.4. The van der Waals surface area contributed by atoms with Crippen molar-refractivity contribution < 1.29 is 9.53 Å². The summed E-state index contributed by atoms with van der Waals surface area (Å²) in [6.07, 6.45) is 7.50. The third-order valence-electron chi connectivity index (χ3n) is 6.68. The molecule has 2 unspecified atom stereocenters. The Morgan fingerprint density at radius 2 is 1.68 bits per heavy atom. The SMILES string of the molecule is CCNC(=NCC(CC)(CC)NC(=O)OC(C)(C)C)NC1CC2CCCC(C1)N2C.I. The van der Waals surface area contributed by atoms with Crippen LogP contribution in [0.15, 0.2) is 4.99 Å². The zero-order valence-electron chi connectivity index (χ0n) is 20.7. The van der Waals surface area contributed by atoms with Crippen LogP contribution < -0.4 is 16.0 Å². The number of rotatable bonds is 7. The van der Waals surface area contributed by atoms with Crippen LogP contribution in [0.5, 0.6) is 0 Å². The maximum Gasteiger partial charge on any atom is 0.408 e. The van der Waals surface area contributed by atoms with E-state index in [-0.39, 0.29) is 30.1 Å². The first-order valence-corrected chi connectivity index (χ1v) is 11.9. The molecule has 0 radical (unpaired) electrons. The number of halogens is 1. The summed E-state index contributed by atoms with van der Waals surface area (Å²) < 4.78 is 5.49. The minimum absolute atomic E-state index is 0. The molecule has 2 atom stereocenters. The average molecular weight is 552 g/mol. The van der Waals surface area contributed by atoms with E-state index in [1.807, 2.05) is 20.8 Å². The lowest BCUT2D eigenvalue weighted by Gasteiger charge is -2.47. The number of fused-ring (bicyclic) bond motifs is 2. The monoisotopic (exact) mass is 551 g/mol. The molecule has 0 aromatic heterocycles. The maximum absolute atomic E-state index is 12.4. The van der Waals surface area contributed by atoms with Gasteiger partial charge in [0.2, 0.25) is 0 Å². The van der Waals surface area contributed by atoms with Gasteiger partial charge in [-0.05, 0) is 73.3 Å². The van der Waals surface area contributed by atoms with E-state index in [9.17, 15) is 4.79 Å². The van der Waals surface area contributed by atoms with Gasteiger partial charge in [-0.1, -0.05) is 20.3 Å². The summed E-state index contributed by atoms with van der Waals surface area (Å²) >= 11 is 0. The first-order valence-electron chi connectivity index (χ1n) is 11.9. The number of carbonyl (C=O) groups excluding carboxylic acids is 1. The molecule has 2 rings (SSSR count). The molecule has 31 heavy (non-hydrogen) atoms. The fourth-order valence-electron chi connectivity index (χ4n) is 4.69. The highest BCUT2D eigenvalue weighted by Gasteiger charge is 2.36. The predicted octanol–water partition coefficient (Wildman–Crippen LogP) is 4.26. The van der Waals surface area contributed by atoms with Gasteiger partial charge in [-0.25, -0.2) is 4.79 Å². The van der Waals surface area contributed by atoms with Crippen LogP contribution in [0.4, 0.5) is 4.79 Å². The highest BCUT2D eigenvalue weighted by atomic mass is 127. The molecule has 0 aromatic carbocycles. The van der Waals surface area contributed by atoms with E-state index in [2.05, 4.69) is 48.7 Å². The van der Waals surface area contributed by atoms with Gasteiger partial charge in [-0.2, -0.15) is 0 Å². The van der Waals surface area contributed by atoms with Crippen molar-refractivity contribution in [3.05, 3.63) is 0 Å². The zero-order chi connectivity index (χ0) is 22.4. The minimum Gasteiger partial charge on any atom is -0.444 e. The van der Waals surface area contributed by atoms with E-state index in [0.29, 0.717) is 24.7 Å². The number of aliphatic imine (C=N–C) groups is 1. The first-order chi connectivity index (χ1) is 14.1. The van der Waals surface area contributed by atoms with Gasteiger partial charge >= 0.3 is 6.09 Å². The van der Waals surface area contributed by atoms with Gasteiger partial charge in [0.15, 0.2) is 5.96 Å². The second-order valence-electron chi connectivity index (χ2n) is 10.0. The van der Waals surface area contributed by atoms with Gasteiger partial charge in [-0.3, -0.25) is 4.99 Å². The summed E-state index contributed by atoms with van der Waals surface area (Å²) in [6.45, 7) is 13.3. The molecular weight excluding hydrogens is 505 g/mol. The molecule has 2 aliphatic rings. The van der Waals surface area contributed by atoms with Gasteiger partial charge in [0.05, 0.1) is 12.1 Å². The maximum atomic E-state index is 12.4. The third kappa shape index (κ3) is 8.59. The second kappa shape index (κ2) is 12.5. The molecule has 2 aliphatic heterocycles. The number of hydrogen-bond donors (Lipinski definition) is 3. The fraction of sp³-hybridized carbons (Fsp3) is 0.913. The Morgan fingerprint density at radius 3 is 2.16 bits per heavy atom. The van der Waals surface area contributed by atoms with Crippen LogP contribution in [0, 0.1) is 0 Å². The van der Waals surface area contributed by atoms with Crippen molar-refractivity contribution in [2.75, 3.05) is 20.1 Å². The lowest BCUT2D eigenvalue weighted by molar-refractivity contribution is 0.0451. The molecule has 2 saturated heterocycles. The molecule has 0 aromatic rings. The third-order valence-corrected chi connectivity index (χ3v) is 6.68. The number of ether oxygens (including phenoxy) is 1. The molecule has 7 nitrogen and oxygen atoms in total. The highest BCUT2D eigenvalue weighted by Crippen LogP contribution is 2.32. The molecule has 8 heteroatoms. The summed E-state index contributed by atoms with van der Waals surface area (Å²) in [5.74, 6) is 0.849. The summed E-state index contributed by atoms with van der Waals surface area (Å²) in [5.41, 5.74) is -0.919. The number of nitrogens with one attached hydrogen (secondary N) is 3. The Balaban J connectivity index is 0.00000480. The van der Waals surface area contributed by atoms with E-state index >= 15 is 0 Å². The van der Waals surface area contributed by atoms with Gasteiger partial charge in [0.25, 0.3) is 0 Å². The fourth-order valence-corrected chi connectivity index (χ4v) is 4.69. The van der Waals surface area contributed by atoms with Crippen molar-refractivity contribution in [1.82, 2.24) is 20.9 Å². The van der Waals surface area contributed by atoms with Crippen molar-refractivity contribution in [1.29, 1.82) is 0 Å². The van der Waals surface area contributed by atoms with Crippen LogP contribution in [0.25, 0.3) is 0 Å². The van der Waals surface area contributed by atoms with E-state index in [1.54, 1.807) is 0 Å². The summed E-state index contributed by atoms with van der Waals surface area (Å²) in [5, 5.41) is 10.2. The lowest BCUT2D eigenvalue weighted by Crippen LogP contribution is -2.57. The van der Waals surface area contributed by atoms with E-state index < -0.39 is 11.1 Å². The molecule has 182 valence electrons. The van der Waals surface area contributed by atoms with Crippen LogP contribution in [-0.2, 0) is 4.74 Å². The van der Waals surface area contributed by atoms with Crippen LogP contribution >= 0.6 is 24.0 Å². The number of hydrogen-bond acceptors (Lipinski definition) is 4. The quantitative estimate of drug-likeness (QED) is 0.251. The number of nitrogens with zero attached hydrogens (tertiary/aromatic N) is 2. The number of carbonyl (C=O) groups is 1. The van der Waals surface area contributed by atoms with Crippen LogP contribution in [0.3, 0.4) is 0 Å². The van der Waals surface area contributed by atoms with E-state index in [4.69, 9.17) is 9.73 Å². The second-order valence-corrected chi connectivity index (χ2v) is 10.0. The van der Waals surface area contributed by atoms with E-state index in [0.717, 1.165) is 25.3 Å². The van der Waals surface area contributed by atoms with Gasteiger partial charge < -0.3 is 25.6 Å². The van der Waals surface area contributed by atoms with Crippen molar-refractivity contribution in [2.45, 2.75) is 116 Å². The van der Waals surface area contributed by atoms with Gasteiger partial charge in [0, 0.05) is 24.7 Å². The normalized spacial score (nSPS) is 24.7. The lowest BCUT2D eigenvalue weighted by atomic mass is 9.82. The van der Waals surface area contributed by atoms with Crippen molar-refractivity contribution in [3.8, 4) is 0 Å². The summed E-state index contributed by atoms with van der Waals surface area (Å²) in [7, 11) is 2.28. The molecule has 0 spiro atoms. The molecule has 0 aliphatic carbocycles. The molecule has 1 amide bonds. The molecule has 3 N–H and O–H groups in total. The van der Waals surface area contributed by atoms with Crippen molar-refractivity contribution in [2.24, 2.45) is 4.99 Å². The van der Waals surface area contributed by atoms with Crippen LogP contribution in [0.1, 0.15) is 86.5 Å².